The van der Waals surface area contributed by atoms with Crippen LogP contribution < -0.4 is 10.6 Å². The van der Waals surface area contributed by atoms with E-state index in [1.165, 1.54) is 11.3 Å². The molecule has 3 heterocycles. The first kappa shape index (κ1) is 23.7. The smallest absolute Gasteiger partial charge is 0.362 e. The number of anilines is 2. The van der Waals surface area contributed by atoms with Crippen LogP contribution in [0.5, 0.6) is 0 Å². The summed E-state index contributed by atoms with van der Waals surface area (Å²) in [6, 6.07) is 8.32. The largest absolute Gasteiger partial charge is 0.410 e. The highest BCUT2D eigenvalue weighted by molar-refractivity contribution is 7.16. The van der Waals surface area contributed by atoms with E-state index in [1.807, 2.05) is 0 Å². The normalized spacial score (nSPS) is 21.4. The van der Waals surface area contributed by atoms with Crippen molar-refractivity contribution in [3.05, 3.63) is 62.6 Å². The maximum absolute atomic E-state index is 14.0. The zero-order valence-electron chi connectivity index (χ0n) is 18.6. The van der Waals surface area contributed by atoms with E-state index in [0.29, 0.717) is 22.0 Å². The predicted octanol–water partition coefficient (Wildman–Crippen LogP) is 6.51. The molecule has 35 heavy (non-hydrogen) atoms. The van der Waals surface area contributed by atoms with Gasteiger partial charge in [0.25, 0.3) is 5.91 Å². The van der Waals surface area contributed by atoms with Crippen LogP contribution in [0.2, 0.25) is 5.02 Å². The number of hydrogen-bond acceptors (Lipinski definition) is 5. The summed E-state index contributed by atoms with van der Waals surface area (Å²) in [4.78, 5) is 14.2. The van der Waals surface area contributed by atoms with Crippen molar-refractivity contribution in [2.75, 3.05) is 10.6 Å². The zero-order valence-corrected chi connectivity index (χ0v) is 20.2. The van der Waals surface area contributed by atoms with Gasteiger partial charge in [0, 0.05) is 11.3 Å². The lowest BCUT2D eigenvalue weighted by Crippen LogP contribution is -2.35. The van der Waals surface area contributed by atoms with Crippen molar-refractivity contribution < 1.29 is 18.0 Å². The molecule has 0 spiro atoms. The number of fused-ring (bicyclic) bond motifs is 2. The third kappa shape index (κ3) is 4.28. The van der Waals surface area contributed by atoms with Gasteiger partial charge < -0.3 is 10.6 Å². The molecule has 2 aliphatic rings. The summed E-state index contributed by atoms with van der Waals surface area (Å²) in [7, 11) is 0. The third-order valence-corrected chi connectivity index (χ3v) is 8.09. The number of hydrogen-bond donors (Lipinski definition) is 2. The average Bonchev–Trinajstić information content (AvgIpc) is 3.34. The maximum atomic E-state index is 14.0. The number of carbonyl (C=O) groups excluding carboxylic acids is 1. The Labute approximate surface area is 208 Å². The summed E-state index contributed by atoms with van der Waals surface area (Å²) in [5.41, 5.74) is 1.69. The number of benzene rings is 1. The van der Waals surface area contributed by atoms with E-state index in [9.17, 15) is 23.2 Å². The van der Waals surface area contributed by atoms with Gasteiger partial charge in [-0.05, 0) is 36.3 Å². The first-order chi connectivity index (χ1) is 16.7. The van der Waals surface area contributed by atoms with Gasteiger partial charge in [-0.1, -0.05) is 48.9 Å². The molecule has 3 atom stereocenters. The molecule has 1 amide bonds. The molecule has 2 N–H and O–H groups in total. The molecule has 0 radical (unpaired) electrons. The van der Waals surface area contributed by atoms with Gasteiger partial charge in [0.2, 0.25) is 0 Å². The highest BCUT2D eigenvalue weighted by Crippen LogP contribution is 2.46. The van der Waals surface area contributed by atoms with Crippen molar-refractivity contribution in [1.29, 1.82) is 5.26 Å². The van der Waals surface area contributed by atoms with Crippen molar-refractivity contribution in [3.8, 4) is 6.07 Å². The van der Waals surface area contributed by atoms with E-state index in [-0.39, 0.29) is 23.0 Å². The minimum Gasteiger partial charge on any atom is -0.362 e. The monoisotopic (exact) mass is 519 g/mol. The van der Waals surface area contributed by atoms with Gasteiger partial charge in [-0.3, -0.25) is 4.79 Å². The molecule has 1 aromatic carbocycles. The highest BCUT2D eigenvalue weighted by atomic mass is 35.5. The summed E-state index contributed by atoms with van der Waals surface area (Å²) in [5.74, 6) is -0.327. The molecule has 11 heteroatoms. The van der Waals surface area contributed by atoms with Crippen molar-refractivity contribution in [2.24, 2.45) is 5.92 Å². The minimum atomic E-state index is -4.59. The Morgan fingerprint density at radius 1 is 1.34 bits per heavy atom. The second-order valence-electron chi connectivity index (χ2n) is 8.98. The summed E-state index contributed by atoms with van der Waals surface area (Å²) in [5, 5.41) is 19.6. The first-order valence-electron chi connectivity index (χ1n) is 11.2. The van der Waals surface area contributed by atoms with Gasteiger partial charge in [-0.25, -0.2) is 4.68 Å². The quantitative estimate of drug-likeness (QED) is 0.413. The molecule has 0 unspecified atom stereocenters. The molecule has 0 bridgehead atoms. The topological polar surface area (TPSA) is 82.7 Å². The van der Waals surface area contributed by atoms with E-state index in [4.69, 9.17) is 11.6 Å². The van der Waals surface area contributed by atoms with Crippen LogP contribution >= 0.6 is 22.9 Å². The fraction of sp³-hybridized carbons (Fsp3) is 0.375. The van der Waals surface area contributed by atoms with E-state index < -0.39 is 24.2 Å². The second kappa shape index (κ2) is 8.88. The standard InChI is InChI=1S/C24H21ClF3N5OS/c1-12-7-8-14-15(11-29)23(35-17(14)9-12)31-22(34)20-19(25)21-30-16(13-5-3-2-4-6-13)10-18(24(26,27)28)33(21)32-20/h2-6,12,16,18,30H,7-10H2,1H3,(H,31,34)/t12-,16-,18-/m1/s1. The lowest BCUT2D eigenvalue weighted by atomic mass is 9.89. The zero-order chi connectivity index (χ0) is 24.9. The molecule has 0 fully saturated rings. The molecule has 1 aliphatic carbocycles. The molecule has 0 saturated heterocycles. The van der Waals surface area contributed by atoms with Crippen LogP contribution in [-0.2, 0) is 12.8 Å². The van der Waals surface area contributed by atoms with Gasteiger partial charge in [-0.2, -0.15) is 23.5 Å². The van der Waals surface area contributed by atoms with Crippen molar-refractivity contribution in [2.45, 2.75) is 50.9 Å². The van der Waals surface area contributed by atoms with Gasteiger partial charge in [0.1, 0.15) is 21.9 Å². The Kier molecular flexibility index (Phi) is 6.01. The van der Waals surface area contributed by atoms with Gasteiger partial charge in [0.05, 0.1) is 11.6 Å². The molecule has 6 nitrogen and oxygen atoms in total. The van der Waals surface area contributed by atoms with E-state index in [1.54, 1.807) is 30.3 Å². The summed E-state index contributed by atoms with van der Waals surface area (Å²) >= 11 is 7.76. The summed E-state index contributed by atoms with van der Waals surface area (Å²) in [6.45, 7) is 2.13. The summed E-state index contributed by atoms with van der Waals surface area (Å²) in [6.07, 6.45) is -2.36. The number of carbonyl (C=O) groups is 1. The SMILES string of the molecule is C[C@@H]1CCc2c(sc(NC(=O)c3nn4c(c3Cl)N[C@@H](c3ccccc3)C[C@@H]4C(F)(F)F)c2C#N)C1. The van der Waals surface area contributed by atoms with E-state index >= 15 is 0 Å². The minimum absolute atomic E-state index is 0.0564. The fourth-order valence-electron chi connectivity index (χ4n) is 4.76. The Bertz CT molecular complexity index is 1330. The first-order valence-corrected chi connectivity index (χ1v) is 12.4. The summed E-state index contributed by atoms with van der Waals surface area (Å²) < 4.78 is 42.7. The van der Waals surface area contributed by atoms with Crippen molar-refractivity contribution >= 4 is 39.7 Å². The molecule has 1 aliphatic heterocycles. The van der Waals surface area contributed by atoms with Gasteiger partial charge in [-0.15, -0.1) is 11.3 Å². The van der Waals surface area contributed by atoms with E-state index in [2.05, 4.69) is 28.7 Å². The van der Waals surface area contributed by atoms with Crippen molar-refractivity contribution in [1.82, 2.24) is 9.78 Å². The van der Waals surface area contributed by atoms with Gasteiger partial charge >= 0.3 is 6.18 Å². The molecule has 5 rings (SSSR count). The number of rotatable bonds is 3. The molecular weight excluding hydrogens is 499 g/mol. The van der Waals surface area contributed by atoms with Crippen LogP contribution in [0.4, 0.5) is 24.0 Å². The maximum Gasteiger partial charge on any atom is 0.410 e. The van der Waals surface area contributed by atoms with Crippen LogP contribution in [0.3, 0.4) is 0 Å². The number of thiophene rings is 1. The molecule has 2 aromatic heterocycles. The van der Waals surface area contributed by atoms with Crippen LogP contribution in [0, 0.1) is 17.2 Å². The highest BCUT2D eigenvalue weighted by Gasteiger charge is 2.48. The molecule has 3 aromatic rings. The van der Waals surface area contributed by atoms with Crippen LogP contribution in [0.25, 0.3) is 0 Å². The molecule has 0 saturated carbocycles. The number of nitriles is 1. The number of aromatic nitrogens is 2. The molecular formula is C24H21ClF3N5OS. The number of alkyl halides is 3. The number of amides is 1. The lowest BCUT2D eigenvalue weighted by Gasteiger charge is -2.33. The van der Waals surface area contributed by atoms with Gasteiger partial charge in [0.15, 0.2) is 11.7 Å². The number of nitrogens with one attached hydrogen (secondary N) is 2. The lowest BCUT2D eigenvalue weighted by molar-refractivity contribution is -0.173. The Balaban J connectivity index is 1.49. The fourth-order valence-corrected chi connectivity index (χ4v) is 6.38. The third-order valence-electron chi connectivity index (χ3n) is 6.56. The van der Waals surface area contributed by atoms with E-state index in [0.717, 1.165) is 34.4 Å². The average molecular weight is 520 g/mol. The second-order valence-corrected chi connectivity index (χ2v) is 10.5. The Morgan fingerprint density at radius 2 is 2.09 bits per heavy atom. The van der Waals surface area contributed by atoms with Crippen LogP contribution in [0.1, 0.15) is 63.9 Å². The number of nitrogens with zero attached hydrogens (tertiary/aromatic N) is 3. The molecule has 182 valence electrons. The van der Waals surface area contributed by atoms with Crippen molar-refractivity contribution in [3.63, 3.8) is 0 Å². The van der Waals surface area contributed by atoms with Crippen LogP contribution in [0.15, 0.2) is 30.3 Å². The Hall–Kier alpha value is -3.03. The predicted molar refractivity (Wildman–Crippen MR) is 128 cm³/mol. The Morgan fingerprint density at radius 3 is 2.77 bits per heavy atom. The number of halogens is 4. The van der Waals surface area contributed by atoms with Crippen LogP contribution in [-0.4, -0.2) is 21.9 Å².